The van der Waals surface area contributed by atoms with Crippen LogP contribution in [-0.4, -0.2) is 35.4 Å². The minimum atomic E-state index is -4.66. The summed E-state index contributed by atoms with van der Waals surface area (Å²) in [6.45, 7) is 2.64. The number of esters is 1. The summed E-state index contributed by atoms with van der Waals surface area (Å²) in [4.78, 5) is 11.5. The number of carbonyl (C=O) groups excluding carboxylic acids is 1. The maximum absolute atomic E-state index is 12.7. The first-order chi connectivity index (χ1) is 8.43. The van der Waals surface area contributed by atoms with E-state index < -0.39 is 23.4 Å². The molecule has 0 atom stereocenters. The third kappa shape index (κ3) is 3.19. The highest BCUT2D eigenvalue weighted by Crippen LogP contribution is 2.32. The van der Waals surface area contributed by atoms with Crippen LogP contribution in [0.5, 0.6) is 0 Å². The number of halogens is 4. The molecular formula is C10H13ClF3N3O2. The molecule has 0 aliphatic carbocycles. The van der Waals surface area contributed by atoms with E-state index in [1.165, 1.54) is 11.6 Å². The van der Waals surface area contributed by atoms with Gasteiger partial charge in [-0.25, -0.2) is 4.79 Å². The summed E-state index contributed by atoms with van der Waals surface area (Å²) < 4.78 is 44.0. The van der Waals surface area contributed by atoms with Crippen LogP contribution in [-0.2, 0) is 10.9 Å². The van der Waals surface area contributed by atoms with Gasteiger partial charge in [0.05, 0.1) is 12.6 Å². The van der Waals surface area contributed by atoms with Crippen LogP contribution in [0.15, 0.2) is 6.20 Å². The lowest BCUT2D eigenvalue weighted by Gasteiger charge is -2.27. The van der Waals surface area contributed by atoms with Gasteiger partial charge >= 0.3 is 12.1 Å². The molecule has 19 heavy (non-hydrogen) atoms. The molecule has 0 saturated carbocycles. The van der Waals surface area contributed by atoms with E-state index in [4.69, 9.17) is 0 Å². The van der Waals surface area contributed by atoms with Gasteiger partial charge in [0.15, 0.2) is 5.69 Å². The Kier molecular flexibility index (Phi) is 4.81. The van der Waals surface area contributed by atoms with E-state index in [-0.39, 0.29) is 25.1 Å². The quantitative estimate of drug-likeness (QED) is 0.862. The SMILES string of the molecule is CCOC(=O)c1cn(C2CNC2)nc1C(F)(F)F.Cl. The molecule has 2 rings (SSSR count). The summed E-state index contributed by atoms with van der Waals surface area (Å²) >= 11 is 0. The Hall–Kier alpha value is -1.28. The number of aromatic nitrogens is 2. The van der Waals surface area contributed by atoms with E-state index >= 15 is 0 Å². The van der Waals surface area contributed by atoms with Crippen molar-refractivity contribution in [1.29, 1.82) is 0 Å². The zero-order valence-corrected chi connectivity index (χ0v) is 10.8. The summed E-state index contributed by atoms with van der Waals surface area (Å²) in [5, 5.41) is 6.38. The van der Waals surface area contributed by atoms with Gasteiger partial charge in [0.2, 0.25) is 0 Å². The standard InChI is InChI=1S/C10H12F3N3O2.ClH/c1-2-18-9(17)7-5-16(6-3-14-4-6)15-8(7)10(11,12)13;/h5-6,14H,2-4H2,1H3;1H. The van der Waals surface area contributed by atoms with Crippen LogP contribution >= 0.6 is 12.4 Å². The second-order valence-corrected chi connectivity index (χ2v) is 3.90. The molecule has 0 amide bonds. The van der Waals surface area contributed by atoms with E-state index in [0.717, 1.165) is 6.20 Å². The zero-order valence-electron chi connectivity index (χ0n) is 10.0. The normalized spacial score (nSPS) is 15.6. The highest BCUT2D eigenvalue weighted by Gasteiger charge is 2.40. The van der Waals surface area contributed by atoms with Gasteiger partial charge in [-0.1, -0.05) is 0 Å². The smallest absolute Gasteiger partial charge is 0.436 e. The second-order valence-electron chi connectivity index (χ2n) is 3.90. The Balaban J connectivity index is 0.00000180. The molecular weight excluding hydrogens is 287 g/mol. The van der Waals surface area contributed by atoms with Crippen molar-refractivity contribution < 1.29 is 22.7 Å². The zero-order chi connectivity index (χ0) is 13.3. The van der Waals surface area contributed by atoms with Crippen LogP contribution in [0, 0.1) is 0 Å². The fourth-order valence-corrected chi connectivity index (χ4v) is 1.61. The molecule has 1 aliphatic heterocycles. The summed E-state index contributed by atoms with van der Waals surface area (Å²) in [6, 6.07) is -0.144. The van der Waals surface area contributed by atoms with E-state index in [0.29, 0.717) is 13.1 Å². The molecule has 1 fully saturated rings. The van der Waals surface area contributed by atoms with E-state index in [1.807, 2.05) is 0 Å². The highest BCUT2D eigenvalue weighted by atomic mass is 35.5. The fraction of sp³-hybridized carbons (Fsp3) is 0.600. The number of nitrogens with one attached hydrogen (secondary N) is 1. The molecule has 9 heteroatoms. The van der Waals surface area contributed by atoms with Crippen molar-refractivity contribution in [2.45, 2.75) is 19.1 Å². The van der Waals surface area contributed by atoms with E-state index in [9.17, 15) is 18.0 Å². The van der Waals surface area contributed by atoms with Crippen molar-refractivity contribution in [2.75, 3.05) is 19.7 Å². The van der Waals surface area contributed by atoms with E-state index in [1.54, 1.807) is 0 Å². The Bertz CT molecular complexity index is 457. The summed E-state index contributed by atoms with van der Waals surface area (Å²) in [7, 11) is 0. The molecule has 1 aliphatic rings. The molecule has 0 radical (unpaired) electrons. The fourth-order valence-electron chi connectivity index (χ4n) is 1.61. The van der Waals surface area contributed by atoms with Gasteiger partial charge in [0.1, 0.15) is 5.56 Å². The molecule has 0 bridgehead atoms. The lowest BCUT2D eigenvalue weighted by molar-refractivity contribution is -0.142. The average molecular weight is 300 g/mol. The van der Waals surface area contributed by atoms with Crippen molar-refractivity contribution in [1.82, 2.24) is 15.1 Å². The second kappa shape index (κ2) is 5.79. The molecule has 2 heterocycles. The van der Waals surface area contributed by atoms with Gasteiger partial charge in [0.25, 0.3) is 0 Å². The van der Waals surface area contributed by atoms with Gasteiger partial charge in [-0.05, 0) is 6.92 Å². The van der Waals surface area contributed by atoms with Crippen molar-refractivity contribution in [3.8, 4) is 0 Å². The third-order valence-corrected chi connectivity index (χ3v) is 2.63. The number of alkyl halides is 3. The van der Waals surface area contributed by atoms with Crippen LogP contribution < -0.4 is 5.32 Å². The summed E-state index contributed by atoms with van der Waals surface area (Å²) in [5.41, 5.74) is -1.72. The predicted molar refractivity (Wildman–Crippen MR) is 62.3 cm³/mol. The maximum atomic E-state index is 12.7. The number of nitrogens with zero attached hydrogens (tertiary/aromatic N) is 2. The monoisotopic (exact) mass is 299 g/mol. The van der Waals surface area contributed by atoms with Gasteiger partial charge in [-0.15, -0.1) is 12.4 Å². The molecule has 0 spiro atoms. The predicted octanol–water partition coefficient (Wildman–Crippen LogP) is 1.64. The third-order valence-electron chi connectivity index (χ3n) is 2.63. The van der Waals surface area contributed by atoms with Gasteiger partial charge in [-0.3, -0.25) is 4.68 Å². The lowest BCUT2D eigenvalue weighted by Crippen LogP contribution is -2.43. The molecule has 1 N–H and O–H groups in total. The summed E-state index contributed by atoms with van der Waals surface area (Å²) in [6.07, 6.45) is -3.56. The van der Waals surface area contributed by atoms with Crippen LogP contribution in [0.4, 0.5) is 13.2 Å². The van der Waals surface area contributed by atoms with Gasteiger partial charge in [-0.2, -0.15) is 18.3 Å². The highest BCUT2D eigenvalue weighted by molar-refractivity contribution is 5.90. The molecule has 0 unspecified atom stereocenters. The molecule has 1 saturated heterocycles. The number of ether oxygens (including phenoxy) is 1. The van der Waals surface area contributed by atoms with Crippen molar-refractivity contribution in [2.24, 2.45) is 0 Å². The minimum absolute atomic E-state index is 0. The first kappa shape index (κ1) is 15.8. The Morgan fingerprint density at radius 3 is 2.63 bits per heavy atom. The first-order valence-corrected chi connectivity index (χ1v) is 5.47. The Morgan fingerprint density at radius 2 is 2.21 bits per heavy atom. The number of carbonyl (C=O) groups is 1. The average Bonchev–Trinajstić information content (AvgIpc) is 2.59. The van der Waals surface area contributed by atoms with Crippen LogP contribution in [0.1, 0.15) is 29.0 Å². The van der Waals surface area contributed by atoms with Crippen molar-refractivity contribution >= 4 is 18.4 Å². The first-order valence-electron chi connectivity index (χ1n) is 5.47. The maximum Gasteiger partial charge on any atom is 0.436 e. The Morgan fingerprint density at radius 1 is 1.58 bits per heavy atom. The van der Waals surface area contributed by atoms with Crippen LogP contribution in [0.2, 0.25) is 0 Å². The van der Waals surface area contributed by atoms with Crippen molar-refractivity contribution in [3.63, 3.8) is 0 Å². The molecule has 108 valence electrons. The largest absolute Gasteiger partial charge is 0.462 e. The molecule has 1 aromatic rings. The Labute approximate surface area is 113 Å². The molecule has 1 aromatic heterocycles. The van der Waals surface area contributed by atoms with E-state index in [2.05, 4.69) is 15.2 Å². The molecule has 5 nitrogen and oxygen atoms in total. The number of hydrogen-bond acceptors (Lipinski definition) is 4. The minimum Gasteiger partial charge on any atom is -0.462 e. The number of hydrogen-bond donors (Lipinski definition) is 1. The topological polar surface area (TPSA) is 56.1 Å². The lowest BCUT2D eigenvalue weighted by atomic mass is 10.2. The van der Waals surface area contributed by atoms with Gasteiger partial charge < -0.3 is 10.1 Å². The van der Waals surface area contributed by atoms with Crippen LogP contribution in [0.3, 0.4) is 0 Å². The summed E-state index contributed by atoms with van der Waals surface area (Å²) in [5.74, 6) is -0.997. The van der Waals surface area contributed by atoms with Gasteiger partial charge in [0, 0.05) is 19.3 Å². The number of rotatable bonds is 3. The molecule has 0 aromatic carbocycles. The van der Waals surface area contributed by atoms with Crippen molar-refractivity contribution in [3.05, 3.63) is 17.5 Å². The van der Waals surface area contributed by atoms with Crippen LogP contribution in [0.25, 0.3) is 0 Å².